The van der Waals surface area contributed by atoms with E-state index < -0.39 is 12.0 Å². The highest BCUT2D eigenvalue weighted by molar-refractivity contribution is 6.33. The number of anilines is 2. The number of hydrogen-bond acceptors (Lipinski definition) is 5. The molecular formula is C26H34ClN7O3. The summed E-state index contributed by atoms with van der Waals surface area (Å²) in [5.74, 6) is -0.399. The number of nitrogens with zero attached hydrogens (tertiary/aromatic N) is 4. The molecule has 1 aromatic carbocycles. The van der Waals surface area contributed by atoms with Gasteiger partial charge in [-0.05, 0) is 24.6 Å². The van der Waals surface area contributed by atoms with Crippen LogP contribution in [0.4, 0.5) is 28.1 Å². The molecular weight excluding hydrogens is 494 g/mol. The number of hydrogen-bond donors (Lipinski definition) is 3. The van der Waals surface area contributed by atoms with E-state index in [-0.39, 0.29) is 33.9 Å². The summed E-state index contributed by atoms with van der Waals surface area (Å²) in [6, 6.07) is 3.80. The number of carbonyl (C=O) groups is 2. The number of imidazole rings is 1. The van der Waals surface area contributed by atoms with Crippen molar-refractivity contribution in [2.24, 2.45) is 7.05 Å². The molecule has 2 rings (SSSR count). The van der Waals surface area contributed by atoms with Gasteiger partial charge in [-0.1, -0.05) is 94.4 Å². The van der Waals surface area contributed by atoms with Gasteiger partial charge in [0, 0.05) is 0 Å². The molecule has 0 saturated heterocycles. The molecule has 10 nitrogen and oxygen atoms in total. The van der Waals surface area contributed by atoms with Crippen LogP contribution in [0.25, 0.3) is 9.69 Å². The lowest BCUT2D eigenvalue weighted by atomic mass is 10.1. The van der Waals surface area contributed by atoms with E-state index in [0.717, 1.165) is 19.3 Å². The molecule has 2 aromatic rings. The average Bonchev–Trinajstić information content (AvgIpc) is 3.21. The van der Waals surface area contributed by atoms with Gasteiger partial charge >= 0.3 is 17.9 Å². The first-order chi connectivity index (χ1) is 17.9. The number of benzene rings is 1. The monoisotopic (exact) mass is 527 g/mol. The molecule has 11 heteroatoms. The zero-order valence-corrected chi connectivity index (χ0v) is 22.2. The van der Waals surface area contributed by atoms with E-state index in [0.29, 0.717) is 6.61 Å². The quantitative estimate of drug-likeness (QED) is 0.0967. The molecule has 0 atom stereocenters. The topological polar surface area (TPSA) is 106 Å². The molecule has 0 aliphatic heterocycles. The Hall–Kier alpha value is -3.76. The number of urea groups is 1. The minimum Gasteiger partial charge on any atom is -0.462 e. The molecule has 0 unspecified atom stereocenters. The highest BCUT2D eigenvalue weighted by Gasteiger charge is 2.20. The lowest BCUT2D eigenvalue weighted by Gasteiger charge is -2.11. The molecule has 0 radical (unpaired) electrons. The van der Waals surface area contributed by atoms with Gasteiger partial charge in [-0.25, -0.2) is 20.4 Å². The molecule has 2 amide bonds. The van der Waals surface area contributed by atoms with Crippen molar-refractivity contribution >= 4 is 46.9 Å². The first kappa shape index (κ1) is 29.5. The normalized spacial score (nSPS) is 10.3. The Balaban J connectivity index is 1.75. The first-order valence-corrected chi connectivity index (χ1v) is 12.9. The minimum atomic E-state index is -0.686. The van der Waals surface area contributed by atoms with Crippen molar-refractivity contribution in [3.63, 3.8) is 0 Å². The second kappa shape index (κ2) is 16.1. The number of unbranched alkanes of at least 4 members (excludes halogenated alkanes) is 9. The Morgan fingerprint density at radius 3 is 2.27 bits per heavy atom. The fourth-order valence-electron chi connectivity index (χ4n) is 3.64. The molecule has 0 saturated carbocycles. The van der Waals surface area contributed by atoms with Crippen LogP contribution in [0.2, 0.25) is 5.02 Å². The third-order valence-electron chi connectivity index (χ3n) is 5.73. The number of aromatic nitrogens is 2. The van der Waals surface area contributed by atoms with Gasteiger partial charge in [-0.3, -0.25) is 4.57 Å². The average molecular weight is 528 g/mol. The van der Waals surface area contributed by atoms with E-state index >= 15 is 0 Å². The lowest BCUT2D eigenvalue weighted by molar-refractivity contribution is 0.0497. The predicted molar refractivity (Wildman–Crippen MR) is 145 cm³/mol. The van der Waals surface area contributed by atoms with Gasteiger partial charge in [-0.2, -0.15) is 0 Å². The number of carbonyl (C=O) groups excluding carboxylic acids is 2. The molecule has 37 heavy (non-hydrogen) atoms. The van der Waals surface area contributed by atoms with Gasteiger partial charge in [0.15, 0.2) is 0 Å². The van der Waals surface area contributed by atoms with Crippen LogP contribution in [0.5, 0.6) is 0 Å². The van der Waals surface area contributed by atoms with Gasteiger partial charge in [-0.15, -0.1) is 0 Å². The summed E-state index contributed by atoms with van der Waals surface area (Å²) < 4.78 is 6.72. The highest BCUT2D eigenvalue weighted by Crippen LogP contribution is 2.30. The SMILES string of the molecule is [C-]#[N+]c1nc(NNC(=O)Nc2cc(C(=O)OCCCCCCCCCCCC)ccc2Cl)n(C)c1[N+]#[C-]. The maximum atomic E-state index is 12.4. The number of halogens is 1. The van der Waals surface area contributed by atoms with Crippen molar-refractivity contribution in [3.8, 4) is 0 Å². The van der Waals surface area contributed by atoms with E-state index in [1.54, 1.807) is 7.05 Å². The summed E-state index contributed by atoms with van der Waals surface area (Å²) in [5.41, 5.74) is 5.41. The van der Waals surface area contributed by atoms with Crippen molar-refractivity contribution < 1.29 is 14.3 Å². The van der Waals surface area contributed by atoms with Crippen LogP contribution in [0.15, 0.2) is 18.2 Å². The van der Waals surface area contributed by atoms with Gasteiger partial charge in [0.1, 0.15) is 0 Å². The molecule has 198 valence electrons. The van der Waals surface area contributed by atoms with Crippen LogP contribution in [0.3, 0.4) is 0 Å². The van der Waals surface area contributed by atoms with Crippen LogP contribution in [-0.2, 0) is 11.8 Å². The van der Waals surface area contributed by atoms with Crippen LogP contribution in [0.1, 0.15) is 81.5 Å². The third kappa shape index (κ3) is 9.66. The van der Waals surface area contributed by atoms with E-state index in [1.165, 1.54) is 67.7 Å². The molecule has 0 spiro atoms. The van der Waals surface area contributed by atoms with E-state index in [1.807, 2.05) is 0 Å². The molecule has 0 bridgehead atoms. The lowest BCUT2D eigenvalue weighted by Crippen LogP contribution is -2.34. The van der Waals surface area contributed by atoms with Crippen LogP contribution >= 0.6 is 11.6 Å². The van der Waals surface area contributed by atoms with Crippen LogP contribution in [0, 0.1) is 13.1 Å². The summed E-state index contributed by atoms with van der Waals surface area (Å²) in [7, 11) is 1.54. The standard InChI is InChI=1S/C26H34ClN7O3/c1-5-6-7-8-9-10-11-12-13-14-17-37-24(35)19-15-16-20(27)21(18-19)30-26(36)33-32-25-31-22(28-2)23(29-3)34(25)4/h15-16,18H,5-14,17H2,1,4H3,(H,31,32)(H2,30,33,36). The fraction of sp³-hybridized carbons (Fsp3) is 0.500. The van der Waals surface area contributed by atoms with Crippen molar-refractivity contribution in [1.82, 2.24) is 15.0 Å². The summed E-state index contributed by atoms with van der Waals surface area (Å²) in [5, 5.41) is 2.79. The number of esters is 1. The van der Waals surface area contributed by atoms with Gasteiger partial charge < -0.3 is 19.7 Å². The minimum absolute atomic E-state index is 0.0479. The van der Waals surface area contributed by atoms with E-state index in [9.17, 15) is 9.59 Å². The van der Waals surface area contributed by atoms with Crippen LogP contribution in [-0.4, -0.2) is 28.2 Å². The zero-order chi connectivity index (χ0) is 27.0. The highest BCUT2D eigenvalue weighted by atomic mass is 35.5. The number of amides is 2. The second-order valence-electron chi connectivity index (χ2n) is 8.58. The Morgan fingerprint density at radius 1 is 1.03 bits per heavy atom. The molecule has 0 fully saturated rings. The van der Waals surface area contributed by atoms with Crippen molar-refractivity contribution in [3.05, 3.63) is 51.6 Å². The predicted octanol–water partition coefficient (Wildman–Crippen LogP) is 7.40. The largest absolute Gasteiger partial charge is 0.462 e. The Kier molecular flexibility index (Phi) is 12.8. The maximum Gasteiger partial charge on any atom is 0.390 e. The van der Waals surface area contributed by atoms with E-state index in [4.69, 9.17) is 29.5 Å². The van der Waals surface area contributed by atoms with Crippen LogP contribution < -0.4 is 16.2 Å². The smallest absolute Gasteiger partial charge is 0.390 e. The molecule has 0 aliphatic carbocycles. The molecule has 0 aliphatic rings. The van der Waals surface area contributed by atoms with Crippen molar-refractivity contribution in [1.29, 1.82) is 0 Å². The molecule has 1 heterocycles. The summed E-state index contributed by atoms with van der Waals surface area (Å²) >= 11 is 6.17. The number of hydrazine groups is 1. The zero-order valence-electron chi connectivity index (χ0n) is 21.4. The van der Waals surface area contributed by atoms with Gasteiger partial charge in [0.25, 0.3) is 11.6 Å². The number of ether oxygens (including phenoxy) is 1. The molecule has 3 N–H and O–H groups in total. The summed E-state index contributed by atoms with van der Waals surface area (Å²) in [4.78, 5) is 35.2. The number of rotatable bonds is 15. The van der Waals surface area contributed by atoms with Gasteiger partial charge in [0.2, 0.25) is 0 Å². The first-order valence-electron chi connectivity index (χ1n) is 12.5. The maximum absolute atomic E-state index is 12.4. The van der Waals surface area contributed by atoms with Gasteiger partial charge in [0.05, 0.1) is 29.9 Å². The Labute approximate surface area is 223 Å². The Bertz CT molecular complexity index is 1130. The Morgan fingerprint density at radius 2 is 1.68 bits per heavy atom. The van der Waals surface area contributed by atoms with E-state index in [2.05, 4.69) is 37.8 Å². The van der Waals surface area contributed by atoms with Crippen molar-refractivity contribution in [2.45, 2.75) is 71.1 Å². The summed E-state index contributed by atoms with van der Waals surface area (Å²) in [6.07, 6.45) is 12.0. The fourth-order valence-corrected chi connectivity index (χ4v) is 3.80. The summed E-state index contributed by atoms with van der Waals surface area (Å²) in [6.45, 7) is 16.8. The number of nitrogens with one attached hydrogen (secondary N) is 3. The second-order valence-corrected chi connectivity index (χ2v) is 8.99. The van der Waals surface area contributed by atoms with Crippen molar-refractivity contribution in [2.75, 3.05) is 17.3 Å². The molecule has 1 aromatic heterocycles. The third-order valence-corrected chi connectivity index (χ3v) is 6.06.